The van der Waals surface area contributed by atoms with Crippen LogP contribution in [-0.2, 0) is 4.79 Å². The first-order valence-electron chi connectivity index (χ1n) is 5.51. The zero-order valence-corrected chi connectivity index (χ0v) is 11.1. The summed E-state index contributed by atoms with van der Waals surface area (Å²) in [5.41, 5.74) is 0.227. The predicted molar refractivity (Wildman–Crippen MR) is 69.4 cm³/mol. The van der Waals surface area contributed by atoms with Gasteiger partial charge in [-0.2, -0.15) is 0 Å². The van der Waals surface area contributed by atoms with Gasteiger partial charge in [0.05, 0.1) is 12.6 Å². The Hall–Kier alpha value is -1.55. The molecule has 1 amide bonds. The second kappa shape index (κ2) is 5.19. The van der Waals surface area contributed by atoms with E-state index in [0.29, 0.717) is 0 Å². The van der Waals surface area contributed by atoms with E-state index in [0.717, 1.165) is 11.4 Å². The normalized spacial score (nSPS) is 11.4. The number of hydrogen-bond donors (Lipinski definition) is 1. The van der Waals surface area contributed by atoms with Crippen molar-refractivity contribution in [2.24, 2.45) is 0 Å². The minimum Gasteiger partial charge on any atom is -0.497 e. The number of amides is 1. The lowest BCUT2D eigenvalue weighted by Crippen LogP contribution is -2.48. The molecule has 4 heteroatoms. The van der Waals surface area contributed by atoms with Crippen LogP contribution < -0.4 is 10.1 Å². The molecule has 1 N–H and O–H groups in total. The third-order valence-corrected chi connectivity index (χ3v) is 3.02. The lowest BCUT2D eigenvalue weighted by atomic mass is 10.0. The van der Waals surface area contributed by atoms with Crippen LogP contribution in [0.4, 0.5) is 5.69 Å². The topological polar surface area (TPSA) is 41.6 Å². The fourth-order valence-electron chi connectivity index (χ4n) is 1.16. The van der Waals surface area contributed by atoms with E-state index in [1.165, 1.54) is 0 Å². The summed E-state index contributed by atoms with van der Waals surface area (Å²) in [6.45, 7) is 3.76. The highest BCUT2D eigenvalue weighted by atomic mass is 16.5. The average Bonchev–Trinajstić information content (AvgIpc) is 2.29. The smallest absolute Gasteiger partial charge is 0.244 e. The van der Waals surface area contributed by atoms with E-state index in [2.05, 4.69) is 5.32 Å². The summed E-state index contributed by atoms with van der Waals surface area (Å²) in [4.78, 5) is 13.9. The van der Waals surface area contributed by atoms with Crippen LogP contribution >= 0.6 is 0 Å². The standard InChI is InChI=1S/C13H20N2O2/c1-13(2,15(3)4)12(16)14-10-6-8-11(17-5)9-7-10/h6-9H,1-5H3,(H,14,16). The Morgan fingerprint density at radius 3 is 2.18 bits per heavy atom. The van der Waals surface area contributed by atoms with Crippen LogP contribution in [0.1, 0.15) is 13.8 Å². The molecule has 0 aromatic heterocycles. The number of methoxy groups -OCH3 is 1. The fourth-order valence-corrected chi connectivity index (χ4v) is 1.16. The molecule has 0 unspecified atom stereocenters. The fraction of sp³-hybridized carbons (Fsp3) is 0.462. The number of rotatable bonds is 4. The molecule has 0 radical (unpaired) electrons. The molecule has 0 saturated heterocycles. The van der Waals surface area contributed by atoms with Crippen molar-refractivity contribution in [3.8, 4) is 5.75 Å². The third kappa shape index (κ3) is 3.20. The van der Waals surface area contributed by atoms with Gasteiger partial charge in [-0.3, -0.25) is 9.69 Å². The second-order valence-electron chi connectivity index (χ2n) is 4.64. The molecule has 1 aromatic rings. The summed E-state index contributed by atoms with van der Waals surface area (Å²) in [5.74, 6) is 0.738. The minimum absolute atomic E-state index is 0.0346. The van der Waals surface area contributed by atoms with E-state index in [-0.39, 0.29) is 5.91 Å². The highest BCUT2D eigenvalue weighted by Gasteiger charge is 2.29. The van der Waals surface area contributed by atoms with Gasteiger partial charge >= 0.3 is 0 Å². The summed E-state index contributed by atoms with van der Waals surface area (Å²) in [6, 6.07) is 7.28. The number of anilines is 1. The Kier molecular flexibility index (Phi) is 4.12. The molecular formula is C13H20N2O2. The average molecular weight is 236 g/mol. The van der Waals surface area contributed by atoms with Crippen molar-refractivity contribution in [2.45, 2.75) is 19.4 Å². The van der Waals surface area contributed by atoms with E-state index < -0.39 is 5.54 Å². The Morgan fingerprint density at radius 1 is 1.24 bits per heavy atom. The van der Waals surface area contributed by atoms with E-state index in [1.807, 2.05) is 57.1 Å². The van der Waals surface area contributed by atoms with Crippen LogP contribution in [0.5, 0.6) is 5.75 Å². The Bertz CT molecular complexity index is 383. The number of hydrogen-bond acceptors (Lipinski definition) is 3. The van der Waals surface area contributed by atoms with Crippen molar-refractivity contribution in [1.82, 2.24) is 4.90 Å². The van der Waals surface area contributed by atoms with Gasteiger partial charge < -0.3 is 10.1 Å². The first-order chi connectivity index (χ1) is 7.87. The van der Waals surface area contributed by atoms with Crippen LogP contribution in [0.15, 0.2) is 24.3 Å². The molecule has 17 heavy (non-hydrogen) atoms. The molecule has 0 saturated carbocycles. The van der Waals surface area contributed by atoms with Crippen molar-refractivity contribution < 1.29 is 9.53 Å². The number of carbonyl (C=O) groups is 1. The maximum Gasteiger partial charge on any atom is 0.244 e. The van der Waals surface area contributed by atoms with Crippen LogP contribution in [0, 0.1) is 0 Å². The van der Waals surface area contributed by atoms with Crippen molar-refractivity contribution in [1.29, 1.82) is 0 Å². The van der Waals surface area contributed by atoms with Crippen molar-refractivity contribution in [2.75, 3.05) is 26.5 Å². The van der Waals surface area contributed by atoms with E-state index in [1.54, 1.807) is 7.11 Å². The van der Waals surface area contributed by atoms with Crippen LogP contribution in [0.25, 0.3) is 0 Å². The molecule has 0 aliphatic carbocycles. The number of ether oxygens (including phenoxy) is 1. The van der Waals surface area contributed by atoms with Gasteiger partial charge in [0.1, 0.15) is 5.75 Å². The highest BCUT2D eigenvalue weighted by Crippen LogP contribution is 2.18. The number of nitrogens with one attached hydrogen (secondary N) is 1. The molecule has 94 valence electrons. The molecule has 0 spiro atoms. The van der Waals surface area contributed by atoms with Gasteiger partial charge in [0.25, 0.3) is 0 Å². The summed E-state index contributed by atoms with van der Waals surface area (Å²) in [5, 5.41) is 2.88. The molecule has 1 rings (SSSR count). The molecule has 0 aliphatic rings. The van der Waals surface area contributed by atoms with Crippen LogP contribution in [0.3, 0.4) is 0 Å². The summed E-state index contributed by atoms with van der Waals surface area (Å²) >= 11 is 0. The molecule has 0 atom stereocenters. The van der Waals surface area contributed by atoms with E-state index in [9.17, 15) is 4.79 Å². The molecular weight excluding hydrogens is 216 g/mol. The summed E-state index contributed by atoms with van der Waals surface area (Å²) < 4.78 is 5.06. The highest BCUT2D eigenvalue weighted by molar-refractivity contribution is 5.97. The summed E-state index contributed by atoms with van der Waals surface area (Å²) in [7, 11) is 5.38. The van der Waals surface area contributed by atoms with E-state index >= 15 is 0 Å². The van der Waals surface area contributed by atoms with Crippen molar-refractivity contribution in [3.05, 3.63) is 24.3 Å². The van der Waals surface area contributed by atoms with Crippen LogP contribution in [0.2, 0.25) is 0 Å². The number of nitrogens with zero attached hydrogens (tertiary/aromatic N) is 1. The van der Waals surface area contributed by atoms with E-state index in [4.69, 9.17) is 4.74 Å². The molecule has 0 aliphatic heterocycles. The van der Waals surface area contributed by atoms with Crippen molar-refractivity contribution >= 4 is 11.6 Å². The maximum atomic E-state index is 12.0. The monoisotopic (exact) mass is 236 g/mol. The first kappa shape index (κ1) is 13.5. The molecule has 0 bridgehead atoms. The Morgan fingerprint density at radius 2 is 1.76 bits per heavy atom. The van der Waals surface area contributed by atoms with Gasteiger partial charge in [-0.25, -0.2) is 0 Å². The lowest BCUT2D eigenvalue weighted by molar-refractivity contribution is -0.124. The Labute approximate surface area is 103 Å². The molecule has 1 aromatic carbocycles. The Balaban J connectivity index is 2.74. The van der Waals surface area contributed by atoms with Gasteiger partial charge in [-0.05, 0) is 52.2 Å². The molecule has 4 nitrogen and oxygen atoms in total. The minimum atomic E-state index is -0.542. The lowest BCUT2D eigenvalue weighted by Gasteiger charge is -2.30. The first-order valence-corrected chi connectivity index (χ1v) is 5.51. The zero-order chi connectivity index (χ0) is 13.1. The van der Waals surface area contributed by atoms with Gasteiger partial charge in [-0.15, -0.1) is 0 Å². The maximum absolute atomic E-state index is 12.0. The quantitative estimate of drug-likeness (QED) is 0.869. The number of carbonyl (C=O) groups excluding carboxylic acids is 1. The van der Waals surface area contributed by atoms with Gasteiger partial charge in [0.15, 0.2) is 0 Å². The van der Waals surface area contributed by atoms with Crippen molar-refractivity contribution in [3.63, 3.8) is 0 Å². The predicted octanol–water partition coefficient (Wildman–Crippen LogP) is 1.97. The molecule has 0 fully saturated rings. The van der Waals surface area contributed by atoms with Crippen LogP contribution in [-0.4, -0.2) is 37.6 Å². The zero-order valence-electron chi connectivity index (χ0n) is 11.1. The summed E-state index contributed by atoms with van der Waals surface area (Å²) in [6.07, 6.45) is 0. The largest absolute Gasteiger partial charge is 0.497 e. The number of benzene rings is 1. The van der Waals surface area contributed by atoms with Gasteiger partial charge in [-0.1, -0.05) is 0 Å². The molecule has 0 heterocycles. The van der Waals surface area contributed by atoms with Gasteiger partial charge in [0.2, 0.25) is 5.91 Å². The number of likely N-dealkylation sites (N-methyl/N-ethyl adjacent to an activating group) is 1. The SMILES string of the molecule is COc1ccc(NC(=O)C(C)(C)N(C)C)cc1. The third-order valence-electron chi connectivity index (χ3n) is 3.02. The second-order valence-corrected chi connectivity index (χ2v) is 4.64. The van der Waals surface area contributed by atoms with Gasteiger partial charge in [0, 0.05) is 5.69 Å².